The summed E-state index contributed by atoms with van der Waals surface area (Å²) in [5, 5.41) is 3.46. The van der Waals surface area contributed by atoms with Crippen LogP contribution in [0.1, 0.15) is 50.3 Å². The van der Waals surface area contributed by atoms with Gasteiger partial charge in [-0.15, -0.1) is 0 Å². The van der Waals surface area contributed by atoms with Gasteiger partial charge in [0.15, 0.2) is 0 Å². The highest BCUT2D eigenvalue weighted by Gasteiger charge is 2.13. The molecule has 0 heterocycles. The van der Waals surface area contributed by atoms with E-state index < -0.39 is 0 Å². The summed E-state index contributed by atoms with van der Waals surface area (Å²) in [6.07, 6.45) is 3.54. The summed E-state index contributed by atoms with van der Waals surface area (Å²) in [7, 11) is 0. The Kier molecular flexibility index (Phi) is 10.1. The fourth-order valence-electron chi connectivity index (χ4n) is 2.21. The van der Waals surface area contributed by atoms with E-state index in [4.69, 9.17) is 9.47 Å². The van der Waals surface area contributed by atoms with Crippen molar-refractivity contribution >= 4 is 0 Å². The van der Waals surface area contributed by atoms with E-state index in [-0.39, 0.29) is 6.10 Å². The fourth-order valence-corrected chi connectivity index (χ4v) is 2.21. The van der Waals surface area contributed by atoms with Gasteiger partial charge < -0.3 is 14.8 Å². The molecular weight excluding hydrogens is 262 g/mol. The molecule has 0 radical (unpaired) electrons. The van der Waals surface area contributed by atoms with Gasteiger partial charge in [-0.1, -0.05) is 44.5 Å². The van der Waals surface area contributed by atoms with E-state index in [0.29, 0.717) is 13.2 Å². The molecule has 0 aromatic heterocycles. The third-order valence-corrected chi connectivity index (χ3v) is 3.48. The Morgan fingerprint density at radius 1 is 1.05 bits per heavy atom. The second kappa shape index (κ2) is 11.7. The van der Waals surface area contributed by atoms with Crippen LogP contribution in [-0.2, 0) is 9.47 Å². The van der Waals surface area contributed by atoms with Crippen LogP contribution in [0.2, 0.25) is 0 Å². The Balaban J connectivity index is 2.43. The molecule has 0 aliphatic rings. The van der Waals surface area contributed by atoms with Crippen molar-refractivity contribution in [2.45, 2.75) is 46.1 Å². The van der Waals surface area contributed by atoms with Crippen molar-refractivity contribution in [3.8, 4) is 0 Å². The van der Waals surface area contributed by atoms with Crippen molar-refractivity contribution in [1.29, 1.82) is 0 Å². The Morgan fingerprint density at radius 2 is 1.86 bits per heavy atom. The van der Waals surface area contributed by atoms with Gasteiger partial charge in [-0.3, -0.25) is 0 Å². The Bertz CT molecular complexity index is 368. The van der Waals surface area contributed by atoms with Crippen LogP contribution in [0, 0.1) is 6.92 Å². The number of hydrogen-bond acceptors (Lipinski definition) is 3. The maximum Gasteiger partial charge on any atom is 0.0952 e. The number of benzene rings is 1. The van der Waals surface area contributed by atoms with Crippen LogP contribution in [0.5, 0.6) is 0 Å². The van der Waals surface area contributed by atoms with Gasteiger partial charge in [0.2, 0.25) is 0 Å². The van der Waals surface area contributed by atoms with Crippen LogP contribution >= 0.6 is 0 Å². The maximum atomic E-state index is 6.05. The summed E-state index contributed by atoms with van der Waals surface area (Å²) < 4.78 is 11.6. The second-order valence-corrected chi connectivity index (χ2v) is 5.39. The van der Waals surface area contributed by atoms with E-state index in [1.54, 1.807) is 0 Å². The molecule has 1 aromatic rings. The summed E-state index contributed by atoms with van der Waals surface area (Å²) in [6, 6.07) is 8.45. The molecule has 1 rings (SSSR count). The van der Waals surface area contributed by atoms with Crippen molar-refractivity contribution in [1.82, 2.24) is 5.32 Å². The Labute approximate surface area is 130 Å². The number of hydrogen-bond donors (Lipinski definition) is 1. The van der Waals surface area contributed by atoms with Crippen LogP contribution < -0.4 is 5.32 Å². The predicted octanol–water partition coefficient (Wildman–Crippen LogP) is 3.87. The lowest BCUT2D eigenvalue weighted by atomic mass is 10.0. The van der Waals surface area contributed by atoms with Crippen LogP contribution in [0.25, 0.3) is 0 Å². The van der Waals surface area contributed by atoms with Gasteiger partial charge in [0.25, 0.3) is 0 Å². The standard InChI is InChI=1S/C18H31NO2/c1-4-6-12-20-13-14-21-18(15-19-11-5-2)17-10-8-7-9-16(17)3/h7-10,18-19H,4-6,11-15H2,1-3H3. The summed E-state index contributed by atoms with van der Waals surface area (Å²) in [4.78, 5) is 0. The van der Waals surface area contributed by atoms with Gasteiger partial charge in [-0.2, -0.15) is 0 Å². The number of nitrogens with one attached hydrogen (secondary N) is 1. The van der Waals surface area contributed by atoms with E-state index >= 15 is 0 Å². The minimum absolute atomic E-state index is 0.104. The zero-order valence-electron chi connectivity index (χ0n) is 13.9. The summed E-state index contributed by atoms with van der Waals surface area (Å²) in [5.74, 6) is 0. The molecule has 0 spiro atoms. The molecule has 21 heavy (non-hydrogen) atoms. The Morgan fingerprint density at radius 3 is 2.57 bits per heavy atom. The van der Waals surface area contributed by atoms with Crippen molar-refractivity contribution < 1.29 is 9.47 Å². The SMILES string of the molecule is CCCCOCCOC(CNCCC)c1ccccc1C. The topological polar surface area (TPSA) is 30.5 Å². The van der Waals surface area contributed by atoms with E-state index in [1.165, 1.54) is 17.5 Å². The minimum atomic E-state index is 0.104. The molecule has 0 saturated carbocycles. The van der Waals surface area contributed by atoms with Gasteiger partial charge in [0.1, 0.15) is 0 Å². The van der Waals surface area contributed by atoms with Crippen LogP contribution in [0.4, 0.5) is 0 Å². The van der Waals surface area contributed by atoms with E-state index in [2.05, 4.69) is 50.4 Å². The summed E-state index contributed by atoms with van der Waals surface area (Å²) >= 11 is 0. The molecule has 120 valence electrons. The quantitative estimate of drug-likeness (QED) is 0.593. The molecule has 0 amide bonds. The molecule has 0 bridgehead atoms. The van der Waals surface area contributed by atoms with Crippen molar-refractivity contribution in [2.24, 2.45) is 0 Å². The van der Waals surface area contributed by atoms with E-state index in [1.807, 2.05) is 0 Å². The van der Waals surface area contributed by atoms with Crippen molar-refractivity contribution in [3.05, 3.63) is 35.4 Å². The van der Waals surface area contributed by atoms with Gasteiger partial charge in [0, 0.05) is 13.2 Å². The molecule has 1 unspecified atom stereocenters. The van der Waals surface area contributed by atoms with Gasteiger partial charge in [0.05, 0.1) is 19.3 Å². The zero-order chi connectivity index (χ0) is 15.3. The molecule has 1 aromatic carbocycles. The van der Waals surface area contributed by atoms with Gasteiger partial charge in [-0.05, 0) is 37.4 Å². The first-order valence-electron chi connectivity index (χ1n) is 8.25. The molecule has 0 saturated heterocycles. The normalized spacial score (nSPS) is 12.5. The Hall–Kier alpha value is -0.900. The summed E-state index contributed by atoms with van der Waals surface area (Å²) in [6.45, 7) is 10.5. The molecule has 1 N–H and O–H groups in total. The highest BCUT2D eigenvalue weighted by atomic mass is 16.5. The first-order valence-corrected chi connectivity index (χ1v) is 8.25. The molecule has 3 heteroatoms. The van der Waals surface area contributed by atoms with E-state index in [0.717, 1.165) is 32.5 Å². The monoisotopic (exact) mass is 293 g/mol. The number of unbranched alkanes of at least 4 members (excludes halogenated alkanes) is 1. The molecular formula is C18H31NO2. The highest BCUT2D eigenvalue weighted by Crippen LogP contribution is 2.20. The zero-order valence-corrected chi connectivity index (χ0v) is 13.9. The summed E-state index contributed by atoms with van der Waals surface area (Å²) in [5.41, 5.74) is 2.56. The highest BCUT2D eigenvalue weighted by molar-refractivity contribution is 5.28. The smallest absolute Gasteiger partial charge is 0.0952 e. The average molecular weight is 293 g/mol. The van der Waals surface area contributed by atoms with Gasteiger partial charge >= 0.3 is 0 Å². The second-order valence-electron chi connectivity index (χ2n) is 5.39. The first kappa shape index (κ1) is 18.1. The number of ether oxygens (including phenoxy) is 2. The number of aryl methyl sites for hydroxylation is 1. The third kappa shape index (κ3) is 7.60. The maximum absolute atomic E-state index is 6.05. The average Bonchev–Trinajstić information content (AvgIpc) is 2.50. The largest absolute Gasteiger partial charge is 0.379 e. The lowest BCUT2D eigenvalue weighted by molar-refractivity contribution is 0.00343. The lowest BCUT2D eigenvalue weighted by Gasteiger charge is -2.21. The van der Waals surface area contributed by atoms with Crippen LogP contribution in [-0.4, -0.2) is 32.9 Å². The van der Waals surface area contributed by atoms with Crippen LogP contribution in [0.15, 0.2) is 24.3 Å². The molecule has 1 atom stereocenters. The molecule has 0 aliphatic heterocycles. The number of rotatable bonds is 12. The third-order valence-electron chi connectivity index (χ3n) is 3.48. The van der Waals surface area contributed by atoms with Crippen molar-refractivity contribution in [2.75, 3.05) is 32.9 Å². The first-order chi connectivity index (χ1) is 10.3. The molecule has 3 nitrogen and oxygen atoms in total. The van der Waals surface area contributed by atoms with Crippen LogP contribution in [0.3, 0.4) is 0 Å². The lowest BCUT2D eigenvalue weighted by Crippen LogP contribution is -2.25. The van der Waals surface area contributed by atoms with Crippen molar-refractivity contribution in [3.63, 3.8) is 0 Å². The molecule has 0 fully saturated rings. The minimum Gasteiger partial charge on any atom is -0.379 e. The van der Waals surface area contributed by atoms with E-state index in [9.17, 15) is 0 Å². The predicted molar refractivity (Wildman–Crippen MR) is 88.8 cm³/mol. The van der Waals surface area contributed by atoms with Gasteiger partial charge in [-0.25, -0.2) is 0 Å². The fraction of sp³-hybridized carbons (Fsp3) is 0.667. The molecule has 0 aliphatic carbocycles.